The molecule has 2 aliphatic rings. The van der Waals surface area contributed by atoms with E-state index in [9.17, 15) is 0 Å². The van der Waals surface area contributed by atoms with Crippen molar-refractivity contribution >= 4 is 16.6 Å². The topological polar surface area (TPSA) is 86.6 Å². The van der Waals surface area contributed by atoms with E-state index in [4.69, 9.17) is 14.2 Å². The summed E-state index contributed by atoms with van der Waals surface area (Å²) in [5.74, 6) is 0.320. The third kappa shape index (κ3) is 3.25. The number of pyridine rings is 1. The molecule has 6 rings (SSSR count). The zero-order valence-electron chi connectivity index (χ0n) is 18.4. The van der Waals surface area contributed by atoms with Crippen LogP contribution < -0.4 is 4.74 Å². The van der Waals surface area contributed by atoms with Crippen LogP contribution in [0.5, 0.6) is 5.88 Å². The Balaban J connectivity index is 1.30. The van der Waals surface area contributed by atoms with Gasteiger partial charge in [-0.05, 0) is 55.0 Å². The molecular weight excluding hydrogens is 406 g/mol. The number of benzene rings is 1. The van der Waals surface area contributed by atoms with Crippen molar-refractivity contribution in [3.63, 3.8) is 0 Å². The van der Waals surface area contributed by atoms with Crippen LogP contribution in [-0.4, -0.2) is 49.9 Å². The average Bonchev–Trinajstić information content (AvgIpc) is 3.55. The number of aryl methyl sites for hydroxylation is 2. The largest absolute Gasteiger partial charge is 0.473 e. The standard InChI is InChI=1S/C24H27N5O3/c1-3-16-11-17(18-10-15(2)22-25-14-26-29(22)13-18)12-20-21(16)23(28-27-20)32-19-4-6-24(7-5-19)30-8-9-31-24/h10-14,19H,3-9H2,1-2H3,(H,27,28). The fourth-order valence-electron chi connectivity index (χ4n) is 5.08. The summed E-state index contributed by atoms with van der Waals surface area (Å²) in [5, 5.41) is 13.1. The molecule has 0 bridgehead atoms. The van der Waals surface area contributed by atoms with Gasteiger partial charge < -0.3 is 14.2 Å². The average molecular weight is 434 g/mol. The molecule has 166 valence electrons. The smallest absolute Gasteiger partial charge is 0.241 e. The van der Waals surface area contributed by atoms with E-state index in [0.29, 0.717) is 19.1 Å². The van der Waals surface area contributed by atoms with Crippen LogP contribution in [0, 0.1) is 6.92 Å². The van der Waals surface area contributed by atoms with E-state index >= 15 is 0 Å². The predicted octanol–water partition coefficient (Wildman–Crippen LogP) is 4.21. The van der Waals surface area contributed by atoms with Crippen LogP contribution in [0.4, 0.5) is 0 Å². The predicted molar refractivity (Wildman–Crippen MR) is 120 cm³/mol. The molecule has 4 aromatic rings. The van der Waals surface area contributed by atoms with Crippen LogP contribution in [0.25, 0.3) is 27.7 Å². The fraction of sp³-hybridized carbons (Fsp3) is 0.458. The molecule has 8 heteroatoms. The zero-order valence-corrected chi connectivity index (χ0v) is 18.4. The fourth-order valence-corrected chi connectivity index (χ4v) is 5.08. The van der Waals surface area contributed by atoms with Gasteiger partial charge in [0.1, 0.15) is 12.4 Å². The van der Waals surface area contributed by atoms with E-state index in [0.717, 1.165) is 65.3 Å². The lowest BCUT2D eigenvalue weighted by Gasteiger charge is -2.35. The van der Waals surface area contributed by atoms with Crippen LogP contribution in [-0.2, 0) is 15.9 Å². The van der Waals surface area contributed by atoms with E-state index in [1.807, 2.05) is 10.7 Å². The van der Waals surface area contributed by atoms with Gasteiger partial charge in [-0.15, -0.1) is 5.10 Å². The minimum absolute atomic E-state index is 0.127. The summed E-state index contributed by atoms with van der Waals surface area (Å²) >= 11 is 0. The van der Waals surface area contributed by atoms with E-state index in [2.05, 4.69) is 52.3 Å². The molecule has 32 heavy (non-hydrogen) atoms. The Morgan fingerprint density at radius 1 is 1.16 bits per heavy atom. The molecule has 0 amide bonds. The van der Waals surface area contributed by atoms with Crippen molar-refractivity contribution in [1.82, 2.24) is 24.8 Å². The van der Waals surface area contributed by atoms with Gasteiger partial charge in [-0.1, -0.05) is 13.0 Å². The third-order valence-corrected chi connectivity index (χ3v) is 6.77. The molecule has 4 heterocycles. The van der Waals surface area contributed by atoms with E-state index in [-0.39, 0.29) is 11.9 Å². The third-order valence-electron chi connectivity index (χ3n) is 6.77. The number of nitrogens with zero attached hydrogens (tertiary/aromatic N) is 4. The lowest BCUT2D eigenvalue weighted by atomic mass is 9.92. The lowest BCUT2D eigenvalue weighted by molar-refractivity contribution is -0.186. The number of ether oxygens (including phenoxy) is 3. The summed E-state index contributed by atoms with van der Waals surface area (Å²) in [4.78, 5) is 4.32. The van der Waals surface area contributed by atoms with Gasteiger partial charge in [-0.3, -0.25) is 5.10 Å². The highest BCUT2D eigenvalue weighted by molar-refractivity contribution is 5.91. The van der Waals surface area contributed by atoms with E-state index in [1.165, 1.54) is 5.56 Å². The minimum atomic E-state index is -0.375. The first-order valence-corrected chi connectivity index (χ1v) is 11.4. The summed E-state index contributed by atoms with van der Waals surface area (Å²) in [5.41, 5.74) is 6.40. The molecule has 1 saturated carbocycles. The summed E-state index contributed by atoms with van der Waals surface area (Å²) in [6.07, 6.45) is 8.18. The zero-order chi connectivity index (χ0) is 21.7. The maximum Gasteiger partial charge on any atom is 0.241 e. The van der Waals surface area contributed by atoms with Crippen molar-refractivity contribution in [1.29, 1.82) is 0 Å². The van der Waals surface area contributed by atoms with Crippen molar-refractivity contribution in [2.45, 2.75) is 57.8 Å². The second kappa shape index (κ2) is 7.56. The first-order valence-electron chi connectivity index (χ1n) is 11.4. The maximum atomic E-state index is 6.39. The van der Waals surface area contributed by atoms with Gasteiger partial charge in [-0.2, -0.15) is 5.10 Å². The molecule has 2 fully saturated rings. The number of fused-ring (bicyclic) bond motifs is 2. The van der Waals surface area contributed by atoms with Crippen LogP contribution in [0.1, 0.15) is 43.7 Å². The molecule has 1 aliphatic carbocycles. The van der Waals surface area contributed by atoms with Gasteiger partial charge in [0, 0.05) is 24.6 Å². The van der Waals surface area contributed by atoms with E-state index < -0.39 is 0 Å². The molecule has 1 saturated heterocycles. The molecule has 3 aromatic heterocycles. The number of rotatable bonds is 4. The maximum absolute atomic E-state index is 6.39. The normalized spacial score (nSPS) is 18.8. The summed E-state index contributed by atoms with van der Waals surface area (Å²) in [6, 6.07) is 6.53. The Bertz CT molecular complexity index is 1280. The van der Waals surface area contributed by atoms with Crippen LogP contribution in [0.2, 0.25) is 0 Å². The number of aromatic amines is 1. The Kier molecular flexibility index (Phi) is 4.66. The Labute approximate surface area is 185 Å². The van der Waals surface area contributed by atoms with Crippen molar-refractivity contribution in [3.8, 4) is 17.0 Å². The highest BCUT2D eigenvalue weighted by atomic mass is 16.7. The Hall–Kier alpha value is -2.97. The summed E-state index contributed by atoms with van der Waals surface area (Å²) in [6.45, 7) is 5.62. The molecule has 8 nitrogen and oxygen atoms in total. The van der Waals surface area contributed by atoms with Crippen molar-refractivity contribution < 1.29 is 14.2 Å². The van der Waals surface area contributed by atoms with Crippen LogP contribution in [0.3, 0.4) is 0 Å². The van der Waals surface area contributed by atoms with Gasteiger partial charge in [0.05, 0.1) is 24.1 Å². The van der Waals surface area contributed by atoms with Crippen molar-refractivity contribution in [3.05, 3.63) is 41.9 Å². The Morgan fingerprint density at radius 2 is 1.97 bits per heavy atom. The number of hydrogen-bond acceptors (Lipinski definition) is 6. The van der Waals surface area contributed by atoms with Gasteiger partial charge in [0.25, 0.3) is 0 Å². The molecule has 0 radical (unpaired) electrons. The number of nitrogens with one attached hydrogen (secondary N) is 1. The van der Waals surface area contributed by atoms with Crippen LogP contribution in [0.15, 0.2) is 30.7 Å². The first-order chi connectivity index (χ1) is 15.6. The monoisotopic (exact) mass is 433 g/mol. The van der Waals surface area contributed by atoms with Gasteiger partial charge in [0.15, 0.2) is 11.4 Å². The summed E-state index contributed by atoms with van der Waals surface area (Å²) in [7, 11) is 0. The number of hydrogen-bond donors (Lipinski definition) is 1. The van der Waals surface area contributed by atoms with E-state index in [1.54, 1.807) is 6.33 Å². The molecule has 1 spiro atoms. The Morgan fingerprint density at radius 3 is 2.75 bits per heavy atom. The highest BCUT2D eigenvalue weighted by Gasteiger charge is 2.41. The molecule has 1 N–H and O–H groups in total. The highest BCUT2D eigenvalue weighted by Crippen LogP contribution is 2.39. The minimum Gasteiger partial charge on any atom is -0.473 e. The number of H-pyrrole nitrogens is 1. The molecular formula is C24H27N5O3. The quantitative estimate of drug-likeness (QED) is 0.519. The second-order valence-electron chi connectivity index (χ2n) is 8.81. The SMILES string of the molecule is CCc1cc(-c2cc(C)c3ncnn3c2)cc2[nH]nc(OC3CCC4(CC3)OCCO4)c12. The van der Waals surface area contributed by atoms with Crippen molar-refractivity contribution in [2.75, 3.05) is 13.2 Å². The second-order valence-corrected chi connectivity index (χ2v) is 8.81. The molecule has 1 aliphatic heterocycles. The molecule has 0 atom stereocenters. The van der Waals surface area contributed by atoms with Crippen molar-refractivity contribution in [2.24, 2.45) is 0 Å². The lowest BCUT2D eigenvalue weighted by Crippen LogP contribution is -2.38. The first kappa shape index (κ1) is 19.7. The van der Waals surface area contributed by atoms with Crippen LogP contribution >= 0.6 is 0 Å². The summed E-state index contributed by atoms with van der Waals surface area (Å²) < 4.78 is 19.9. The van der Waals surface area contributed by atoms with Gasteiger partial charge in [-0.25, -0.2) is 9.50 Å². The van der Waals surface area contributed by atoms with Gasteiger partial charge >= 0.3 is 0 Å². The number of aromatic nitrogens is 5. The molecule has 1 aromatic carbocycles. The van der Waals surface area contributed by atoms with Gasteiger partial charge in [0.2, 0.25) is 5.88 Å². The molecule has 0 unspecified atom stereocenters.